The Hall–Kier alpha value is -1.32. The molecule has 4 nitrogen and oxygen atoms in total. The van der Waals surface area contributed by atoms with Crippen molar-refractivity contribution in [2.24, 2.45) is 5.92 Å². The zero-order valence-electron chi connectivity index (χ0n) is 13.6. The lowest BCUT2D eigenvalue weighted by Crippen LogP contribution is -2.27. The van der Waals surface area contributed by atoms with E-state index in [0.717, 1.165) is 37.7 Å². The van der Waals surface area contributed by atoms with Crippen LogP contribution < -0.4 is 0 Å². The van der Waals surface area contributed by atoms with Crippen LogP contribution in [0.4, 0.5) is 0 Å². The van der Waals surface area contributed by atoms with Crippen LogP contribution in [0.15, 0.2) is 11.1 Å². The second kappa shape index (κ2) is 9.59. The summed E-state index contributed by atoms with van der Waals surface area (Å²) in [6.45, 7) is 6.27. The quantitative estimate of drug-likeness (QED) is 0.530. The number of allylic oxidation sites excluding steroid dienone is 1. The molecule has 0 aromatic rings. The molecule has 1 rings (SSSR count). The molecule has 4 heteroatoms. The standard InChI is InChI=1S/C17H28O4/c1-4-10-14(16(18)20-5-2)15(17(19)21-6-3)13-11-8-7-9-12-13/h14H,4-12H2,1-3H3. The van der Waals surface area contributed by atoms with E-state index in [4.69, 9.17) is 9.47 Å². The summed E-state index contributed by atoms with van der Waals surface area (Å²) in [5.41, 5.74) is 1.68. The highest BCUT2D eigenvalue weighted by molar-refractivity contribution is 5.96. The maximum absolute atomic E-state index is 12.4. The molecule has 1 aliphatic rings. The van der Waals surface area contributed by atoms with E-state index >= 15 is 0 Å². The topological polar surface area (TPSA) is 52.6 Å². The molecule has 0 spiro atoms. The third kappa shape index (κ3) is 5.18. The average Bonchev–Trinajstić information content (AvgIpc) is 2.48. The van der Waals surface area contributed by atoms with Crippen molar-refractivity contribution < 1.29 is 19.1 Å². The minimum atomic E-state index is -0.470. The van der Waals surface area contributed by atoms with Gasteiger partial charge in [-0.1, -0.05) is 25.3 Å². The fraction of sp³-hybridized carbons (Fsp3) is 0.765. The lowest BCUT2D eigenvalue weighted by molar-refractivity contribution is -0.150. The molecule has 1 fully saturated rings. The highest BCUT2D eigenvalue weighted by Gasteiger charge is 2.32. The monoisotopic (exact) mass is 296 g/mol. The Labute approximate surface area is 127 Å². The molecule has 0 aromatic heterocycles. The van der Waals surface area contributed by atoms with Gasteiger partial charge in [0.15, 0.2) is 0 Å². The van der Waals surface area contributed by atoms with Crippen LogP contribution in [0.2, 0.25) is 0 Å². The molecule has 0 heterocycles. The molecular formula is C17H28O4. The SMILES string of the molecule is CCCC(C(=O)OCC)C(C(=O)OCC)=C1CCCCC1. The van der Waals surface area contributed by atoms with E-state index in [1.165, 1.54) is 6.42 Å². The summed E-state index contributed by atoms with van der Waals surface area (Å²) in [6.07, 6.45) is 6.62. The number of esters is 2. The third-order valence-electron chi connectivity index (χ3n) is 3.83. The zero-order valence-corrected chi connectivity index (χ0v) is 13.6. The van der Waals surface area contributed by atoms with Crippen LogP contribution in [-0.2, 0) is 19.1 Å². The normalized spacial score (nSPS) is 16.2. The van der Waals surface area contributed by atoms with Crippen molar-refractivity contribution in [1.82, 2.24) is 0 Å². The first-order chi connectivity index (χ1) is 10.2. The van der Waals surface area contributed by atoms with Gasteiger partial charge in [0, 0.05) is 0 Å². The predicted molar refractivity (Wildman–Crippen MR) is 81.8 cm³/mol. The van der Waals surface area contributed by atoms with Gasteiger partial charge in [-0.3, -0.25) is 4.79 Å². The van der Waals surface area contributed by atoms with E-state index in [9.17, 15) is 9.59 Å². The molecule has 1 unspecified atom stereocenters. The summed E-state index contributed by atoms with van der Waals surface area (Å²) in [7, 11) is 0. The fourth-order valence-electron chi connectivity index (χ4n) is 2.90. The molecule has 0 aromatic carbocycles. The molecule has 0 aliphatic heterocycles. The summed E-state index contributed by atoms with van der Waals surface area (Å²) >= 11 is 0. The number of carbonyl (C=O) groups excluding carboxylic acids is 2. The first-order valence-electron chi connectivity index (χ1n) is 8.21. The minimum Gasteiger partial charge on any atom is -0.466 e. The maximum atomic E-state index is 12.4. The molecule has 0 saturated heterocycles. The summed E-state index contributed by atoms with van der Waals surface area (Å²) in [6, 6.07) is 0. The summed E-state index contributed by atoms with van der Waals surface area (Å²) in [5, 5.41) is 0. The first kappa shape index (κ1) is 17.7. The summed E-state index contributed by atoms with van der Waals surface area (Å²) < 4.78 is 10.4. The van der Waals surface area contributed by atoms with Gasteiger partial charge in [0.2, 0.25) is 0 Å². The van der Waals surface area contributed by atoms with E-state index in [0.29, 0.717) is 25.2 Å². The van der Waals surface area contributed by atoms with Crippen molar-refractivity contribution in [3.8, 4) is 0 Å². The van der Waals surface area contributed by atoms with E-state index in [1.807, 2.05) is 6.92 Å². The van der Waals surface area contributed by atoms with Gasteiger partial charge in [-0.2, -0.15) is 0 Å². The predicted octanol–water partition coefficient (Wildman–Crippen LogP) is 3.79. The van der Waals surface area contributed by atoms with Crippen LogP contribution in [0.3, 0.4) is 0 Å². The molecule has 1 atom stereocenters. The Morgan fingerprint density at radius 2 is 1.62 bits per heavy atom. The average molecular weight is 296 g/mol. The Bertz CT molecular complexity index is 376. The van der Waals surface area contributed by atoms with E-state index in [1.54, 1.807) is 13.8 Å². The van der Waals surface area contributed by atoms with Crippen molar-refractivity contribution in [2.45, 2.75) is 65.7 Å². The molecule has 1 aliphatic carbocycles. The Morgan fingerprint density at radius 1 is 1.00 bits per heavy atom. The van der Waals surface area contributed by atoms with Gasteiger partial charge >= 0.3 is 11.9 Å². The fourth-order valence-corrected chi connectivity index (χ4v) is 2.90. The van der Waals surface area contributed by atoms with Crippen LogP contribution in [0.25, 0.3) is 0 Å². The zero-order chi connectivity index (χ0) is 15.7. The third-order valence-corrected chi connectivity index (χ3v) is 3.83. The molecule has 21 heavy (non-hydrogen) atoms. The van der Waals surface area contributed by atoms with Crippen molar-refractivity contribution >= 4 is 11.9 Å². The summed E-state index contributed by atoms with van der Waals surface area (Å²) in [5.74, 6) is -1.09. The highest BCUT2D eigenvalue weighted by atomic mass is 16.5. The van der Waals surface area contributed by atoms with Gasteiger partial charge in [0.25, 0.3) is 0 Å². The van der Waals surface area contributed by atoms with Gasteiger partial charge in [-0.15, -0.1) is 0 Å². The maximum Gasteiger partial charge on any atom is 0.334 e. The smallest absolute Gasteiger partial charge is 0.334 e. The van der Waals surface area contributed by atoms with Crippen LogP contribution in [-0.4, -0.2) is 25.2 Å². The molecule has 0 amide bonds. The number of hydrogen-bond donors (Lipinski definition) is 0. The molecular weight excluding hydrogens is 268 g/mol. The van der Waals surface area contributed by atoms with Crippen LogP contribution >= 0.6 is 0 Å². The van der Waals surface area contributed by atoms with Crippen LogP contribution in [0, 0.1) is 5.92 Å². The van der Waals surface area contributed by atoms with E-state index in [-0.39, 0.29) is 11.9 Å². The molecule has 0 radical (unpaired) electrons. The molecule has 0 bridgehead atoms. The second-order valence-corrected chi connectivity index (χ2v) is 5.39. The molecule has 120 valence electrons. The second-order valence-electron chi connectivity index (χ2n) is 5.39. The number of carbonyl (C=O) groups is 2. The number of hydrogen-bond acceptors (Lipinski definition) is 4. The summed E-state index contributed by atoms with van der Waals surface area (Å²) in [4.78, 5) is 24.6. The Morgan fingerprint density at radius 3 is 2.14 bits per heavy atom. The minimum absolute atomic E-state index is 0.291. The van der Waals surface area contributed by atoms with Gasteiger partial charge in [-0.25, -0.2) is 4.79 Å². The Kier molecular flexibility index (Phi) is 8.09. The van der Waals surface area contributed by atoms with Crippen LogP contribution in [0.5, 0.6) is 0 Å². The largest absolute Gasteiger partial charge is 0.466 e. The van der Waals surface area contributed by atoms with Crippen molar-refractivity contribution in [2.75, 3.05) is 13.2 Å². The number of rotatable bonds is 7. The van der Waals surface area contributed by atoms with Gasteiger partial charge in [0.1, 0.15) is 0 Å². The van der Waals surface area contributed by atoms with Crippen molar-refractivity contribution in [1.29, 1.82) is 0 Å². The van der Waals surface area contributed by atoms with Crippen molar-refractivity contribution in [3.63, 3.8) is 0 Å². The van der Waals surface area contributed by atoms with Gasteiger partial charge < -0.3 is 9.47 Å². The molecule has 1 saturated carbocycles. The van der Waals surface area contributed by atoms with Crippen LogP contribution in [0.1, 0.15) is 65.7 Å². The first-order valence-corrected chi connectivity index (χ1v) is 8.21. The van der Waals surface area contributed by atoms with E-state index in [2.05, 4.69) is 0 Å². The van der Waals surface area contributed by atoms with Crippen molar-refractivity contribution in [3.05, 3.63) is 11.1 Å². The number of ether oxygens (including phenoxy) is 2. The lowest BCUT2D eigenvalue weighted by atomic mass is 9.83. The lowest BCUT2D eigenvalue weighted by Gasteiger charge is -2.23. The van der Waals surface area contributed by atoms with E-state index < -0.39 is 5.92 Å². The van der Waals surface area contributed by atoms with Gasteiger partial charge in [0.05, 0.1) is 24.7 Å². The highest BCUT2D eigenvalue weighted by Crippen LogP contribution is 2.32. The Balaban J connectivity index is 3.11. The van der Waals surface area contributed by atoms with Gasteiger partial charge in [-0.05, 0) is 46.0 Å². The molecule has 0 N–H and O–H groups in total.